The summed E-state index contributed by atoms with van der Waals surface area (Å²) in [5, 5.41) is 0. The molecule has 0 aliphatic heterocycles. The van der Waals surface area contributed by atoms with E-state index in [2.05, 4.69) is 32.6 Å². The van der Waals surface area contributed by atoms with Crippen molar-refractivity contribution in [2.75, 3.05) is 19.7 Å². The number of rotatable bonds is 7. The molecule has 15 heavy (non-hydrogen) atoms. The summed E-state index contributed by atoms with van der Waals surface area (Å²) in [4.78, 5) is 13.8. The number of hydrogen-bond acceptors (Lipinski definition) is 3. The van der Waals surface area contributed by atoms with Gasteiger partial charge in [0.1, 0.15) is 0 Å². The van der Waals surface area contributed by atoms with E-state index in [9.17, 15) is 4.79 Å². The Labute approximate surface area is 93.8 Å². The molecule has 0 saturated heterocycles. The van der Waals surface area contributed by atoms with Crippen LogP contribution in [0.4, 0.5) is 0 Å². The Bertz CT molecular complexity index is 176. The maximum atomic E-state index is 11.4. The van der Waals surface area contributed by atoms with Crippen molar-refractivity contribution in [3.63, 3.8) is 0 Å². The lowest BCUT2D eigenvalue weighted by molar-refractivity contribution is -0.145. The normalized spacial score (nSPS) is 13.3. The van der Waals surface area contributed by atoms with Gasteiger partial charge in [0.2, 0.25) is 0 Å². The van der Waals surface area contributed by atoms with Gasteiger partial charge < -0.3 is 9.64 Å². The van der Waals surface area contributed by atoms with Gasteiger partial charge in [-0.1, -0.05) is 27.7 Å². The predicted molar refractivity (Wildman–Crippen MR) is 62.8 cm³/mol. The molecular formula is C12H25NO2. The van der Waals surface area contributed by atoms with E-state index in [4.69, 9.17) is 4.74 Å². The standard InChI is InChI=1S/C12H25NO2/c1-6-13(7-2)11(10(4)5)9-12(14)15-8-3/h10-11H,6-9H2,1-5H3/t11-/m0/s1. The van der Waals surface area contributed by atoms with Crippen LogP contribution in [-0.4, -0.2) is 36.6 Å². The molecule has 0 amide bonds. The summed E-state index contributed by atoms with van der Waals surface area (Å²) in [5.74, 6) is 0.400. The number of hydrogen-bond donors (Lipinski definition) is 0. The first-order valence-electron chi connectivity index (χ1n) is 5.96. The molecule has 0 bridgehead atoms. The summed E-state index contributed by atoms with van der Waals surface area (Å²) < 4.78 is 5.00. The van der Waals surface area contributed by atoms with Crippen molar-refractivity contribution in [3.8, 4) is 0 Å². The van der Waals surface area contributed by atoms with Gasteiger partial charge in [-0.2, -0.15) is 0 Å². The molecule has 1 atom stereocenters. The van der Waals surface area contributed by atoms with E-state index in [0.717, 1.165) is 13.1 Å². The minimum atomic E-state index is -0.0805. The van der Waals surface area contributed by atoms with E-state index in [1.165, 1.54) is 0 Å². The van der Waals surface area contributed by atoms with Gasteiger partial charge in [-0.05, 0) is 25.9 Å². The number of carbonyl (C=O) groups excluding carboxylic acids is 1. The van der Waals surface area contributed by atoms with Crippen LogP contribution in [0, 0.1) is 5.92 Å². The predicted octanol–water partition coefficient (Wildman–Crippen LogP) is 2.31. The number of nitrogens with zero attached hydrogens (tertiary/aromatic N) is 1. The lowest BCUT2D eigenvalue weighted by Gasteiger charge is -2.31. The molecule has 0 spiro atoms. The minimum Gasteiger partial charge on any atom is -0.466 e. The monoisotopic (exact) mass is 215 g/mol. The van der Waals surface area contributed by atoms with Crippen LogP contribution < -0.4 is 0 Å². The van der Waals surface area contributed by atoms with Gasteiger partial charge in [-0.15, -0.1) is 0 Å². The highest BCUT2D eigenvalue weighted by Crippen LogP contribution is 2.15. The minimum absolute atomic E-state index is 0.0805. The van der Waals surface area contributed by atoms with Crippen LogP contribution in [0.1, 0.15) is 41.0 Å². The van der Waals surface area contributed by atoms with E-state index in [-0.39, 0.29) is 5.97 Å². The van der Waals surface area contributed by atoms with E-state index in [1.807, 2.05) is 6.92 Å². The molecule has 3 nitrogen and oxygen atoms in total. The third-order valence-corrected chi connectivity index (χ3v) is 2.73. The van der Waals surface area contributed by atoms with Crippen LogP contribution in [0.25, 0.3) is 0 Å². The topological polar surface area (TPSA) is 29.5 Å². The van der Waals surface area contributed by atoms with Crippen molar-refractivity contribution in [2.24, 2.45) is 5.92 Å². The summed E-state index contributed by atoms with van der Waals surface area (Å²) in [7, 11) is 0. The molecule has 0 saturated carbocycles. The quantitative estimate of drug-likeness (QED) is 0.610. The van der Waals surface area contributed by atoms with Crippen molar-refractivity contribution in [1.29, 1.82) is 0 Å². The molecule has 0 radical (unpaired) electrons. The second-order valence-corrected chi connectivity index (χ2v) is 4.04. The zero-order valence-corrected chi connectivity index (χ0v) is 10.7. The Morgan fingerprint density at radius 1 is 1.20 bits per heavy atom. The van der Waals surface area contributed by atoms with Gasteiger partial charge in [0.05, 0.1) is 13.0 Å². The second-order valence-electron chi connectivity index (χ2n) is 4.04. The zero-order valence-electron chi connectivity index (χ0n) is 10.7. The van der Waals surface area contributed by atoms with Gasteiger partial charge >= 0.3 is 5.97 Å². The molecular weight excluding hydrogens is 190 g/mol. The molecule has 0 fully saturated rings. The molecule has 0 aromatic heterocycles. The van der Waals surface area contributed by atoms with Gasteiger partial charge in [0.15, 0.2) is 0 Å². The smallest absolute Gasteiger partial charge is 0.307 e. The molecule has 0 heterocycles. The van der Waals surface area contributed by atoms with Crippen molar-refractivity contribution in [1.82, 2.24) is 4.90 Å². The first-order chi connectivity index (χ1) is 7.06. The largest absolute Gasteiger partial charge is 0.466 e. The highest BCUT2D eigenvalue weighted by molar-refractivity contribution is 5.70. The highest BCUT2D eigenvalue weighted by Gasteiger charge is 2.22. The maximum Gasteiger partial charge on any atom is 0.307 e. The first kappa shape index (κ1) is 14.4. The van der Waals surface area contributed by atoms with Crippen LogP contribution in [0.3, 0.4) is 0 Å². The van der Waals surface area contributed by atoms with Crippen LogP contribution in [-0.2, 0) is 9.53 Å². The zero-order chi connectivity index (χ0) is 11.8. The SMILES string of the molecule is CCOC(=O)C[C@@H](C(C)C)N(CC)CC. The van der Waals surface area contributed by atoms with Crippen LogP contribution in [0.15, 0.2) is 0 Å². The molecule has 0 aliphatic rings. The molecule has 0 rings (SSSR count). The fourth-order valence-corrected chi connectivity index (χ4v) is 1.87. The summed E-state index contributed by atoms with van der Waals surface area (Å²) >= 11 is 0. The Kier molecular flexibility index (Phi) is 7.39. The third kappa shape index (κ3) is 5.17. The third-order valence-electron chi connectivity index (χ3n) is 2.73. The molecule has 0 aliphatic carbocycles. The van der Waals surface area contributed by atoms with Crippen LogP contribution in [0.2, 0.25) is 0 Å². The Morgan fingerprint density at radius 2 is 1.73 bits per heavy atom. The van der Waals surface area contributed by atoms with Crippen molar-refractivity contribution >= 4 is 5.97 Å². The van der Waals surface area contributed by atoms with E-state index < -0.39 is 0 Å². The second kappa shape index (κ2) is 7.69. The Morgan fingerprint density at radius 3 is 2.07 bits per heavy atom. The lowest BCUT2D eigenvalue weighted by atomic mass is 9.99. The van der Waals surface area contributed by atoms with E-state index in [0.29, 0.717) is 25.0 Å². The molecule has 0 unspecified atom stereocenters. The van der Waals surface area contributed by atoms with Gasteiger partial charge in [-0.25, -0.2) is 0 Å². The number of esters is 1. The summed E-state index contributed by atoms with van der Waals surface area (Å²) in [6.07, 6.45) is 0.507. The Hall–Kier alpha value is -0.570. The average Bonchev–Trinajstić information content (AvgIpc) is 2.18. The van der Waals surface area contributed by atoms with Gasteiger partial charge in [0.25, 0.3) is 0 Å². The highest BCUT2D eigenvalue weighted by atomic mass is 16.5. The van der Waals surface area contributed by atoms with Crippen molar-refractivity contribution < 1.29 is 9.53 Å². The average molecular weight is 215 g/mol. The molecule has 0 aromatic rings. The molecule has 3 heteroatoms. The fourth-order valence-electron chi connectivity index (χ4n) is 1.87. The summed E-state index contributed by atoms with van der Waals surface area (Å²) in [6, 6.07) is 0.305. The Balaban J connectivity index is 4.32. The number of ether oxygens (including phenoxy) is 1. The van der Waals surface area contributed by atoms with E-state index >= 15 is 0 Å². The van der Waals surface area contributed by atoms with E-state index in [1.54, 1.807) is 0 Å². The molecule has 90 valence electrons. The molecule has 0 aromatic carbocycles. The lowest BCUT2D eigenvalue weighted by Crippen LogP contribution is -2.40. The fraction of sp³-hybridized carbons (Fsp3) is 0.917. The summed E-state index contributed by atoms with van der Waals surface area (Å²) in [5.41, 5.74) is 0. The molecule has 0 N–H and O–H groups in total. The number of carbonyl (C=O) groups is 1. The van der Waals surface area contributed by atoms with Crippen LogP contribution >= 0.6 is 0 Å². The van der Waals surface area contributed by atoms with Crippen molar-refractivity contribution in [3.05, 3.63) is 0 Å². The summed E-state index contributed by atoms with van der Waals surface area (Å²) in [6.45, 7) is 12.9. The van der Waals surface area contributed by atoms with Crippen molar-refractivity contribution in [2.45, 2.75) is 47.1 Å². The van der Waals surface area contributed by atoms with Gasteiger partial charge in [0, 0.05) is 6.04 Å². The van der Waals surface area contributed by atoms with Gasteiger partial charge in [-0.3, -0.25) is 4.79 Å². The first-order valence-corrected chi connectivity index (χ1v) is 5.96. The van der Waals surface area contributed by atoms with Crippen LogP contribution in [0.5, 0.6) is 0 Å². The maximum absolute atomic E-state index is 11.4.